The molecule has 0 aliphatic carbocycles. The first kappa shape index (κ1) is 38.1. The quantitative estimate of drug-likeness (QED) is 0.0953. The summed E-state index contributed by atoms with van der Waals surface area (Å²) in [5.41, 5.74) is 2.96. The first-order chi connectivity index (χ1) is 22.3. The Bertz CT molecular complexity index is 1140. The molecule has 47 heavy (non-hydrogen) atoms. The third-order valence-corrected chi connectivity index (χ3v) is 10.6. The van der Waals surface area contributed by atoms with Gasteiger partial charge in [0.05, 0.1) is 26.2 Å². The molecule has 0 aromatic heterocycles. The molecule has 10 heteroatoms. The highest BCUT2D eigenvalue weighted by Gasteiger charge is 2.37. The third-order valence-electron chi connectivity index (χ3n) is 10.6. The lowest BCUT2D eigenvalue weighted by Gasteiger charge is -2.40. The van der Waals surface area contributed by atoms with Crippen LogP contribution in [0.2, 0.25) is 0 Å². The van der Waals surface area contributed by atoms with E-state index in [9.17, 15) is 28.8 Å². The molecule has 0 aromatic rings. The first-order valence-electron chi connectivity index (χ1n) is 17.7. The lowest BCUT2D eigenvalue weighted by molar-refractivity contribution is -0.928. The number of amides is 6. The van der Waals surface area contributed by atoms with Crippen molar-refractivity contribution in [3.05, 3.63) is 33.4 Å². The van der Waals surface area contributed by atoms with Gasteiger partial charge in [0.25, 0.3) is 35.4 Å². The minimum Gasteiger partial charge on any atom is -0.323 e. The third kappa shape index (κ3) is 8.95. The van der Waals surface area contributed by atoms with Gasteiger partial charge in [-0.15, -0.1) is 0 Å². The Morgan fingerprint density at radius 2 is 0.596 bits per heavy atom. The highest BCUT2D eigenvalue weighted by molar-refractivity contribution is 6.20. The molecule has 0 N–H and O–H groups in total. The minimum atomic E-state index is -0.234. The SMILES string of the molecule is CCCCCCCCCC[N+](CCCN1C(=O)C(C)=C(C)C1=O)(CCCN1C(=O)C(C)=C(C)C1=O)CCCN1C(=O)C(C)=C(C)C1=O. The fraction of sp³-hybridized carbons (Fsp3) is 0.676. The largest absolute Gasteiger partial charge is 0.323 e. The van der Waals surface area contributed by atoms with Crippen molar-refractivity contribution in [3.63, 3.8) is 0 Å². The van der Waals surface area contributed by atoms with Crippen LogP contribution in [0, 0.1) is 0 Å². The molecule has 3 rings (SSSR count). The van der Waals surface area contributed by atoms with Crippen LogP contribution >= 0.6 is 0 Å². The smallest absolute Gasteiger partial charge is 0.256 e. The zero-order valence-electron chi connectivity index (χ0n) is 30.0. The molecule has 260 valence electrons. The summed E-state index contributed by atoms with van der Waals surface area (Å²) in [4.78, 5) is 80.7. The number of hydrogen-bond acceptors (Lipinski definition) is 6. The molecule has 0 spiro atoms. The molecular weight excluding hydrogens is 596 g/mol. The van der Waals surface area contributed by atoms with Gasteiger partial charge >= 0.3 is 0 Å². The van der Waals surface area contributed by atoms with Gasteiger partial charge in [-0.3, -0.25) is 43.5 Å². The van der Waals surface area contributed by atoms with Crippen molar-refractivity contribution in [1.29, 1.82) is 0 Å². The van der Waals surface area contributed by atoms with Crippen LogP contribution in [-0.4, -0.2) is 100 Å². The number of nitrogens with zero attached hydrogens (tertiary/aromatic N) is 4. The molecule has 0 aromatic carbocycles. The topological polar surface area (TPSA) is 112 Å². The van der Waals surface area contributed by atoms with Crippen molar-refractivity contribution in [2.75, 3.05) is 45.8 Å². The van der Waals surface area contributed by atoms with Gasteiger partial charge in [-0.2, -0.15) is 0 Å². The number of carbonyl (C=O) groups is 6. The number of imide groups is 3. The average Bonchev–Trinajstić information content (AvgIpc) is 3.44. The zero-order chi connectivity index (χ0) is 34.9. The van der Waals surface area contributed by atoms with Crippen LogP contribution in [-0.2, 0) is 28.8 Å². The van der Waals surface area contributed by atoms with Gasteiger partial charge in [0.15, 0.2) is 0 Å². The van der Waals surface area contributed by atoms with Crippen molar-refractivity contribution in [3.8, 4) is 0 Å². The van der Waals surface area contributed by atoms with Crippen LogP contribution in [0.4, 0.5) is 0 Å². The van der Waals surface area contributed by atoms with E-state index in [0.29, 0.717) is 96.5 Å². The average molecular weight is 654 g/mol. The lowest BCUT2D eigenvalue weighted by Crippen LogP contribution is -2.53. The van der Waals surface area contributed by atoms with Gasteiger partial charge < -0.3 is 4.48 Å². The van der Waals surface area contributed by atoms with Gasteiger partial charge in [-0.25, -0.2) is 0 Å². The lowest BCUT2D eigenvalue weighted by atomic mass is 10.1. The van der Waals surface area contributed by atoms with Crippen LogP contribution in [0.25, 0.3) is 0 Å². The van der Waals surface area contributed by atoms with Crippen LogP contribution in [0.1, 0.15) is 119 Å². The van der Waals surface area contributed by atoms with Crippen molar-refractivity contribution in [2.45, 2.75) is 119 Å². The molecule has 6 amide bonds. The van der Waals surface area contributed by atoms with Crippen molar-refractivity contribution in [1.82, 2.24) is 14.7 Å². The maximum absolute atomic E-state index is 12.8. The molecule has 0 atom stereocenters. The number of hydrogen-bond donors (Lipinski definition) is 0. The van der Waals surface area contributed by atoms with E-state index in [1.165, 1.54) is 46.8 Å². The van der Waals surface area contributed by atoms with Gasteiger partial charge in [0.2, 0.25) is 0 Å². The van der Waals surface area contributed by atoms with E-state index in [1.807, 2.05) is 0 Å². The van der Waals surface area contributed by atoms with E-state index in [2.05, 4.69) is 6.92 Å². The summed E-state index contributed by atoms with van der Waals surface area (Å²) in [5, 5.41) is 0. The summed E-state index contributed by atoms with van der Waals surface area (Å²) in [6, 6.07) is 0. The Morgan fingerprint density at radius 3 is 0.872 bits per heavy atom. The first-order valence-corrected chi connectivity index (χ1v) is 17.7. The Balaban J connectivity index is 1.74. The fourth-order valence-electron chi connectivity index (χ4n) is 7.01. The second kappa shape index (κ2) is 17.1. The second-order valence-electron chi connectivity index (χ2n) is 13.8. The summed E-state index contributed by atoms with van der Waals surface area (Å²) < 4.78 is 0.667. The van der Waals surface area contributed by atoms with Crippen molar-refractivity contribution >= 4 is 35.4 Å². The Labute approximate surface area is 281 Å². The second-order valence-corrected chi connectivity index (χ2v) is 13.8. The fourth-order valence-corrected chi connectivity index (χ4v) is 7.01. The number of unbranched alkanes of at least 4 members (excludes halogenated alkanes) is 7. The molecule has 3 heterocycles. The molecule has 0 unspecified atom stereocenters. The van der Waals surface area contributed by atoms with E-state index in [-0.39, 0.29) is 35.4 Å². The number of quaternary nitrogens is 1. The molecule has 0 bridgehead atoms. The summed E-state index contributed by atoms with van der Waals surface area (Å²) in [6.07, 6.45) is 11.3. The van der Waals surface area contributed by atoms with E-state index in [0.717, 1.165) is 25.8 Å². The van der Waals surface area contributed by atoms with Crippen LogP contribution in [0.3, 0.4) is 0 Å². The van der Waals surface area contributed by atoms with Gasteiger partial charge in [0, 0.05) is 72.3 Å². The molecule has 3 aliphatic rings. The normalized spacial score (nSPS) is 17.8. The Morgan fingerprint density at radius 1 is 0.362 bits per heavy atom. The van der Waals surface area contributed by atoms with Gasteiger partial charge in [0.1, 0.15) is 0 Å². The van der Waals surface area contributed by atoms with E-state index in [1.54, 1.807) is 41.5 Å². The molecule has 0 saturated carbocycles. The summed E-state index contributed by atoms with van der Waals surface area (Å²) in [5.74, 6) is -1.40. The van der Waals surface area contributed by atoms with E-state index < -0.39 is 0 Å². The minimum absolute atomic E-state index is 0.234. The summed E-state index contributed by atoms with van der Waals surface area (Å²) in [7, 11) is 0. The zero-order valence-corrected chi connectivity index (χ0v) is 30.0. The molecule has 3 aliphatic heterocycles. The molecule has 0 saturated heterocycles. The predicted molar refractivity (Wildman–Crippen MR) is 181 cm³/mol. The molecular formula is C37H57N4O6+. The Hall–Kier alpha value is -3.40. The van der Waals surface area contributed by atoms with Crippen LogP contribution in [0.15, 0.2) is 33.4 Å². The van der Waals surface area contributed by atoms with Crippen LogP contribution in [0.5, 0.6) is 0 Å². The van der Waals surface area contributed by atoms with Crippen molar-refractivity contribution in [2.24, 2.45) is 0 Å². The highest BCUT2D eigenvalue weighted by Crippen LogP contribution is 2.25. The molecule has 10 nitrogen and oxygen atoms in total. The monoisotopic (exact) mass is 653 g/mol. The maximum atomic E-state index is 12.8. The standard InChI is InChI=1S/C37H57N4O6/c1-8-9-10-11-12-13-14-15-22-41(23-16-19-38-32(42)26(2)27(3)33(38)43,24-17-20-39-34(44)28(4)29(5)35(39)45)25-18-21-40-36(46)30(6)31(7)37(40)47/h8-25H2,1-7H3/q+1. The summed E-state index contributed by atoms with van der Waals surface area (Å²) >= 11 is 0. The Kier molecular flexibility index (Phi) is 13.9. The van der Waals surface area contributed by atoms with E-state index >= 15 is 0 Å². The molecule has 0 radical (unpaired) electrons. The number of carbonyl (C=O) groups excluding carboxylic acids is 6. The molecule has 0 fully saturated rings. The van der Waals surface area contributed by atoms with Gasteiger partial charge in [-0.05, 0) is 54.4 Å². The predicted octanol–water partition coefficient (Wildman–Crippen LogP) is 5.23. The van der Waals surface area contributed by atoms with Crippen LogP contribution < -0.4 is 0 Å². The van der Waals surface area contributed by atoms with Crippen molar-refractivity contribution < 1.29 is 33.3 Å². The van der Waals surface area contributed by atoms with E-state index in [4.69, 9.17) is 0 Å². The number of rotatable bonds is 21. The summed E-state index contributed by atoms with van der Waals surface area (Å²) in [6.45, 7) is 16.3. The maximum Gasteiger partial charge on any atom is 0.256 e. The van der Waals surface area contributed by atoms with Gasteiger partial charge in [-0.1, -0.05) is 45.4 Å². The highest BCUT2D eigenvalue weighted by atomic mass is 16.2.